The Kier molecular flexibility index (Phi) is 3.37. The molecule has 0 aromatic carbocycles. The van der Waals surface area contributed by atoms with E-state index >= 15 is 0 Å². The molecule has 0 unspecified atom stereocenters. The Balaban J connectivity index is 2.04. The van der Waals surface area contributed by atoms with Gasteiger partial charge < -0.3 is 10.0 Å². The second kappa shape index (κ2) is 4.95. The molecule has 2 rings (SSSR count). The third-order valence-electron chi connectivity index (χ3n) is 3.01. The second-order valence-electron chi connectivity index (χ2n) is 4.18. The summed E-state index contributed by atoms with van der Waals surface area (Å²) in [5.41, 5.74) is 0.693. The van der Waals surface area contributed by atoms with Crippen molar-refractivity contribution in [1.82, 2.24) is 9.97 Å². The van der Waals surface area contributed by atoms with E-state index in [9.17, 15) is 4.79 Å². The number of carbonyl (C=O) groups is 1. The van der Waals surface area contributed by atoms with Crippen molar-refractivity contribution in [3.63, 3.8) is 0 Å². The van der Waals surface area contributed by atoms with Gasteiger partial charge in [-0.2, -0.15) is 0 Å². The van der Waals surface area contributed by atoms with Gasteiger partial charge in [-0.1, -0.05) is 0 Å². The molecule has 0 bridgehead atoms. The van der Waals surface area contributed by atoms with Crippen LogP contribution >= 0.6 is 0 Å². The minimum atomic E-state index is -0.972. The summed E-state index contributed by atoms with van der Waals surface area (Å²) in [6, 6.07) is 0.551. The molecular weight excluding hydrogens is 218 g/mol. The maximum Gasteiger partial charge on any atom is 0.328 e. The van der Waals surface area contributed by atoms with Crippen LogP contribution in [0.15, 0.2) is 18.5 Å². The Labute approximate surface area is 99.8 Å². The number of aliphatic carboxylic acids is 1. The van der Waals surface area contributed by atoms with Crippen LogP contribution in [-0.4, -0.2) is 34.1 Å². The summed E-state index contributed by atoms with van der Waals surface area (Å²) in [7, 11) is 1.99. The molecule has 5 nitrogen and oxygen atoms in total. The van der Waals surface area contributed by atoms with Crippen molar-refractivity contribution in [3.05, 3.63) is 24.0 Å². The summed E-state index contributed by atoms with van der Waals surface area (Å²) in [6.07, 6.45) is 9.49. The van der Waals surface area contributed by atoms with E-state index in [4.69, 9.17) is 5.11 Å². The van der Waals surface area contributed by atoms with E-state index in [-0.39, 0.29) is 0 Å². The molecule has 1 fully saturated rings. The molecule has 17 heavy (non-hydrogen) atoms. The van der Waals surface area contributed by atoms with Gasteiger partial charge >= 0.3 is 5.97 Å². The zero-order valence-electron chi connectivity index (χ0n) is 9.71. The number of hydrogen-bond acceptors (Lipinski definition) is 4. The van der Waals surface area contributed by atoms with Crippen molar-refractivity contribution >= 4 is 18.0 Å². The Morgan fingerprint density at radius 3 is 2.59 bits per heavy atom. The van der Waals surface area contributed by atoms with Crippen molar-refractivity contribution in [3.8, 4) is 0 Å². The van der Waals surface area contributed by atoms with E-state index in [2.05, 4.69) is 14.9 Å². The van der Waals surface area contributed by atoms with E-state index in [0.717, 1.165) is 6.08 Å². The maximum atomic E-state index is 10.3. The van der Waals surface area contributed by atoms with Crippen molar-refractivity contribution in [2.75, 3.05) is 11.9 Å². The zero-order valence-corrected chi connectivity index (χ0v) is 9.71. The number of anilines is 1. The highest BCUT2D eigenvalue weighted by Gasteiger charge is 2.23. The van der Waals surface area contributed by atoms with Crippen molar-refractivity contribution < 1.29 is 9.90 Å². The Morgan fingerprint density at radius 1 is 1.47 bits per heavy atom. The molecular formula is C12H15N3O2. The van der Waals surface area contributed by atoms with Gasteiger partial charge in [-0.05, 0) is 25.3 Å². The zero-order chi connectivity index (χ0) is 12.3. The van der Waals surface area contributed by atoms with E-state index < -0.39 is 5.97 Å². The highest BCUT2D eigenvalue weighted by molar-refractivity contribution is 5.85. The molecule has 90 valence electrons. The lowest BCUT2D eigenvalue weighted by Gasteiger charge is -2.34. The molecule has 1 aromatic rings. The smallest absolute Gasteiger partial charge is 0.328 e. The summed E-state index contributed by atoms with van der Waals surface area (Å²) in [5, 5.41) is 8.49. The van der Waals surface area contributed by atoms with Gasteiger partial charge in [0.2, 0.25) is 5.95 Å². The van der Waals surface area contributed by atoms with Gasteiger partial charge in [-0.25, -0.2) is 14.8 Å². The average Bonchev–Trinajstić information content (AvgIpc) is 2.24. The first kappa shape index (κ1) is 11.6. The van der Waals surface area contributed by atoms with Gasteiger partial charge in [0.15, 0.2) is 0 Å². The minimum absolute atomic E-state index is 0.551. The topological polar surface area (TPSA) is 66.3 Å². The van der Waals surface area contributed by atoms with Crippen LogP contribution in [0.25, 0.3) is 6.08 Å². The van der Waals surface area contributed by atoms with Crippen molar-refractivity contribution in [2.24, 2.45) is 0 Å². The quantitative estimate of drug-likeness (QED) is 0.799. The van der Waals surface area contributed by atoms with Gasteiger partial charge in [-0.15, -0.1) is 0 Å². The van der Waals surface area contributed by atoms with Crippen LogP contribution in [-0.2, 0) is 4.79 Å². The predicted molar refractivity (Wildman–Crippen MR) is 64.7 cm³/mol. The minimum Gasteiger partial charge on any atom is -0.478 e. The Morgan fingerprint density at radius 2 is 2.12 bits per heavy atom. The summed E-state index contributed by atoms with van der Waals surface area (Å²) in [4.78, 5) is 20.9. The molecule has 0 atom stereocenters. The molecule has 0 radical (unpaired) electrons. The van der Waals surface area contributed by atoms with Crippen LogP contribution in [0.4, 0.5) is 5.95 Å². The first-order valence-corrected chi connectivity index (χ1v) is 5.62. The van der Waals surface area contributed by atoms with E-state index in [0.29, 0.717) is 17.6 Å². The van der Waals surface area contributed by atoms with Crippen LogP contribution in [0.5, 0.6) is 0 Å². The van der Waals surface area contributed by atoms with Gasteiger partial charge in [0.1, 0.15) is 0 Å². The number of rotatable bonds is 4. The molecule has 0 amide bonds. The van der Waals surface area contributed by atoms with Crippen LogP contribution in [0.2, 0.25) is 0 Å². The number of nitrogens with zero attached hydrogens (tertiary/aromatic N) is 3. The Bertz CT molecular complexity index is 424. The lowest BCUT2D eigenvalue weighted by atomic mass is 9.92. The third kappa shape index (κ3) is 2.81. The lowest BCUT2D eigenvalue weighted by Crippen LogP contribution is -2.38. The molecule has 1 aliphatic rings. The summed E-state index contributed by atoms with van der Waals surface area (Å²) in [6.45, 7) is 0. The first-order valence-electron chi connectivity index (χ1n) is 5.62. The SMILES string of the molecule is CN(c1ncc(/C=C/C(=O)O)cn1)C1CCC1. The lowest BCUT2D eigenvalue weighted by molar-refractivity contribution is -0.131. The Hall–Kier alpha value is -1.91. The number of carboxylic acid groups (broad SMARTS) is 1. The molecule has 0 spiro atoms. The van der Waals surface area contributed by atoms with Gasteiger partial charge in [-0.3, -0.25) is 0 Å². The number of aromatic nitrogens is 2. The van der Waals surface area contributed by atoms with Crippen LogP contribution in [0.3, 0.4) is 0 Å². The van der Waals surface area contributed by atoms with Crippen molar-refractivity contribution in [2.45, 2.75) is 25.3 Å². The van der Waals surface area contributed by atoms with Gasteiger partial charge in [0.05, 0.1) is 0 Å². The normalized spacial score (nSPS) is 15.8. The number of carboxylic acids is 1. The summed E-state index contributed by atoms with van der Waals surface area (Å²) >= 11 is 0. The standard InChI is InChI=1S/C12H15N3O2/c1-15(10-3-2-4-10)12-13-7-9(8-14-12)5-6-11(16)17/h5-8,10H,2-4H2,1H3,(H,16,17)/b6-5+. The predicted octanol–water partition coefficient (Wildman–Crippen LogP) is 1.56. The molecule has 0 saturated heterocycles. The largest absolute Gasteiger partial charge is 0.478 e. The highest BCUT2D eigenvalue weighted by atomic mass is 16.4. The third-order valence-corrected chi connectivity index (χ3v) is 3.01. The summed E-state index contributed by atoms with van der Waals surface area (Å²) in [5.74, 6) is -0.275. The van der Waals surface area contributed by atoms with E-state index in [1.54, 1.807) is 12.4 Å². The fraction of sp³-hybridized carbons (Fsp3) is 0.417. The fourth-order valence-corrected chi connectivity index (χ4v) is 1.70. The fourth-order valence-electron chi connectivity index (χ4n) is 1.70. The number of hydrogen-bond donors (Lipinski definition) is 1. The molecule has 0 aliphatic heterocycles. The first-order chi connectivity index (χ1) is 8.16. The molecule has 1 aliphatic carbocycles. The average molecular weight is 233 g/mol. The molecule has 1 N–H and O–H groups in total. The molecule has 5 heteroatoms. The van der Waals surface area contributed by atoms with Gasteiger partial charge in [0, 0.05) is 37.1 Å². The molecule has 1 saturated carbocycles. The van der Waals surface area contributed by atoms with Crippen LogP contribution in [0, 0.1) is 0 Å². The second-order valence-corrected chi connectivity index (χ2v) is 4.18. The van der Waals surface area contributed by atoms with E-state index in [1.165, 1.54) is 25.3 Å². The van der Waals surface area contributed by atoms with E-state index in [1.807, 2.05) is 7.05 Å². The summed E-state index contributed by atoms with van der Waals surface area (Å²) < 4.78 is 0. The highest BCUT2D eigenvalue weighted by Crippen LogP contribution is 2.25. The monoisotopic (exact) mass is 233 g/mol. The van der Waals surface area contributed by atoms with Crippen LogP contribution in [0.1, 0.15) is 24.8 Å². The molecule has 1 heterocycles. The van der Waals surface area contributed by atoms with Gasteiger partial charge in [0.25, 0.3) is 0 Å². The van der Waals surface area contributed by atoms with Crippen LogP contribution < -0.4 is 4.90 Å². The molecule has 1 aromatic heterocycles. The maximum absolute atomic E-state index is 10.3. The van der Waals surface area contributed by atoms with Crippen molar-refractivity contribution in [1.29, 1.82) is 0 Å².